The van der Waals surface area contributed by atoms with Crippen molar-refractivity contribution in [2.75, 3.05) is 13.2 Å². The first-order chi connectivity index (χ1) is 9.84. The zero-order valence-corrected chi connectivity index (χ0v) is 12.3. The van der Waals surface area contributed by atoms with Crippen LogP contribution >= 0.6 is 0 Å². The Morgan fingerprint density at radius 1 is 1.10 bits per heavy atom. The average molecular weight is 305 g/mol. The number of alkyl halides is 3. The highest BCUT2D eigenvalue weighted by molar-refractivity contribution is 5.27. The molecule has 0 atom stereocenters. The molecule has 3 nitrogen and oxygen atoms in total. The minimum absolute atomic E-state index is 0.116. The number of nitrogens with one attached hydrogen (secondary N) is 1. The summed E-state index contributed by atoms with van der Waals surface area (Å²) >= 11 is 0. The van der Waals surface area contributed by atoms with Gasteiger partial charge >= 0.3 is 6.36 Å². The molecule has 0 fully saturated rings. The molecule has 21 heavy (non-hydrogen) atoms. The highest BCUT2D eigenvalue weighted by atomic mass is 19.4. The van der Waals surface area contributed by atoms with E-state index in [4.69, 9.17) is 0 Å². The van der Waals surface area contributed by atoms with Crippen LogP contribution in [0.5, 0.6) is 5.75 Å². The lowest BCUT2D eigenvalue weighted by atomic mass is 9.83. The summed E-state index contributed by atoms with van der Waals surface area (Å²) < 4.78 is 39.9. The number of hydrogen-bond acceptors (Lipinski definition) is 3. The fourth-order valence-electron chi connectivity index (χ4n) is 2.06. The van der Waals surface area contributed by atoms with Crippen LogP contribution in [0, 0.1) is 5.41 Å². The molecule has 0 amide bonds. The van der Waals surface area contributed by atoms with Crippen molar-refractivity contribution in [3.05, 3.63) is 29.8 Å². The topological polar surface area (TPSA) is 41.5 Å². The standard InChI is InChI=1S/C15H22F3NO2/c1-3-14(4-2,11-20)10-19-9-12-5-7-13(8-6-12)21-15(16,17)18/h5-8,19-20H,3-4,9-11H2,1-2H3. The second kappa shape index (κ2) is 7.66. The van der Waals surface area contributed by atoms with E-state index in [1.165, 1.54) is 12.1 Å². The van der Waals surface area contributed by atoms with Crippen LogP contribution in [0.4, 0.5) is 13.2 Å². The highest BCUT2D eigenvalue weighted by Gasteiger charge is 2.31. The van der Waals surface area contributed by atoms with Gasteiger partial charge in [-0.05, 0) is 30.5 Å². The summed E-state index contributed by atoms with van der Waals surface area (Å²) in [4.78, 5) is 0. The molecule has 1 rings (SSSR count). The van der Waals surface area contributed by atoms with Gasteiger partial charge < -0.3 is 15.2 Å². The maximum atomic E-state index is 12.0. The van der Waals surface area contributed by atoms with Gasteiger partial charge in [0.25, 0.3) is 0 Å². The molecule has 1 aromatic carbocycles. The lowest BCUT2D eigenvalue weighted by Crippen LogP contribution is -2.36. The van der Waals surface area contributed by atoms with Crippen molar-refractivity contribution in [3.63, 3.8) is 0 Å². The van der Waals surface area contributed by atoms with Crippen LogP contribution in [-0.2, 0) is 6.54 Å². The Hall–Kier alpha value is -1.27. The molecule has 0 unspecified atom stereocenters. The van der Waals surface area contributed by atoms with Crippen LogP contribution in [-0.4, -0.2) is 24.6 Å². The SMILES string of the molecule is CCC(CC)(CO)CNCc1ccc(OC(F)(F)F)cc1. The summed E-state index contributed by atoms with van der Waals surface area (Å²) in [5.74, 6) is -0.224. The van der Waals surface area contributed by atoms with E-state index in [9.17, 15) is 18.3 Å². The number of aliphatic hydroxyl groups excluding tert-OH is 1. The number of halogens is 3. The summed E-state index contributed by atoms with van der Waals surface area (Å²) in [5.41, 5.74) is 0.725. The summed E-state index contributed by atoms with van der Waals surface area (Å²) in [6, 6.07) is 5.77. The Labute approximate surface area is 123 Å². The molecule has 1 aromatic rings. The van der Waals surface area contributed by atoms with Gasteiger partial charge in [0.15, 0.2) is 0 Å². The van der Waals surface area contributed by atoms with Crippen molar-refractivity contribution < 1.29 is 23.0 Å². The Bertz CT molecular complexity index is 406. The van der Waals surface area contributed by atoms with Crippen molar-refractivity contribution in [3.8, 4) is 5.75 Å². The molecule has 0 aromatic heterocycles. The summed E-state index contributed by atoms with van der Waals surface area (Å²) in [6.07, 6.45) is -2.93. The summed E-state index contributed by atoms with van der Waals surface area (Å²) in [7, 11) is 0. The lowest BCUT2D eigenvalue weighted by Gasteiger charge is -2.29. The van der Waals surface area contributed by atoms with E-state index >= 15 is 0 Å². The summed E-state index contributed by atoms with van der Waals surface area (Å²) in [6.45, 7) is 5.38. The number of rotatable bonds is 8. The molecule has 0 spiro atoms. The molecule has 0 radical (unpaired) electrons. The van der Waals surface area contributed by atoms with Crippen molar-refractivity contribution in [1.29, 1.82) is 0 Å². The number of ether oxygens (including phenoxy) is 1. The molecule has 0 bridgehead atoms. The summed E-state index contributed by atoms with van der Waals surface area (Å²) in [5, 5.41) is 12.7. The third-order valence-electron chi connectivity index (χ3n) is 3.82. The lowest BCUT2D eigenvalue weighted by molar-refractivity contribution is -0.274. The second-order valence-corrected chi connectivity index (χ2v) is 5.16. The van der Waals surface area contributed by atoms with Crippen LogP contribution < -0.4 is 10.1 Å². The van der Waals surface area contributed by atoms with Crippen molar-refractivity contribution >= 4 is 0 Å². The molecule has 0 aliphatic heterocycles. The fourth-order valence-corrected chi connectivity index (χ4v) is 2.06. The number of benzene rings is 1. The second-order valence-electron chi connectivity index (χ2n) is 5.16. The van der Waals surface area contributed by atoms with Gasteiger partial charge in [0.1, 0.15) is 5.75 Å². The predicted octanol–water partition coefficient (Wildman–Crippen LogP) is 3.47. The van der Waals surface area contributed by atoms with Crippen molar-refractivity contribution in [1.82, 2.24) is 5.32 Å². The van der Waals surface area contributed by atoms with Crippen molar-refractivity contribution in [2.45, 2.75) is 39.6 Å². The Kier molecular flexibility index (Phi) is 6.48. The molecule has 120 valence electrons. The largest absolute Gasteiger partial charge is 0.573 e. The molecule has 2 N–H and O–H groups in total. The zero-order chi connectivity index (χ0) is 15.9. The first-order valence-electron chi connectivity index (χ1n) is 7.00. The minimum atomic E-state index is -4.66. The normalized spacial score (nSPS) is 12.5. The average Bonchev–Trinajstić information content (AvgIpc) is 2.44. The van der Waals surface area contributed by atoms with Gasteiger partial charge in [-0.1, -0.05) is 26.0 Å². The maximum Gasteiger partial charge on any atom is 0.573 e. The van der Waals surface area contributed by atoms with Gasteiger partial charge in [0, 0.05) is 25.1 Å². The van der Waals surface area contributed by atoms with Crippen LogP contribution in [0.1, 0.15) is 32.3 Å². The first-order valence-corrected chi connectivity index (χ1v) is 7.00. The van der Waals surface area contributed by atoms with Gasteiger partial charge in [-0.2, -0.15) is 0 Å². The molecule has 0 saturated carbocycles. The smallest absolute Gasteiger partial charge is 0.406 e. The van der Waals surface area contributed by atoms with E-state index in [0.29, 0.717) is 13.1 Å². The van der Waals surface area contributed by atoms with Crippen LogP contribution in [0.2, 0.25) is 0 Å². The maximum absolute atomic E-state index is 12.0. The van der Waals surface area contributed by atoms with E-state index in [2.05, 4.69) is 10.1 Å². The van der Waals surface area contributed by atoms with E-state index < -0.39 is 6.36 Å². The van der Waals surface area contributed by atoms with Crippen LogP contribution in [0.3, 0.4) is 0 Å². The molecular weight excluding hydrogens is 283 g/mol. The Morgan fingerprint density at radius 3 is 2.10 bits per heavy atom. The first kappa shape index (κ1) is 17.8. The molecule has 0 heterocycles. The monoisotopic (exact) mass is 305 g/mol. The van der Waals surface area contributed by atoms with Gasteiger partial charge in [-0.15, -0.1) is 13.2 Å². The van der Waals surface area contributed by atoms with Crippen LogP contribution in [0.25, 0.3) is 0 Å². The van der Waals surface area contributed by atoms with Gasteiger partial charge in [0.2, 0.25) is 0 Å². The Morgan fingerprint density at radius 2 is 1.67 bits per heavy atom. The zero-order valence-electron chi connectivity index (χ0n) is 12.3. The van der Waals surface area contributed by atoms with Crippen LogP contribution in [0.15, 0.2) is 24.3 Å². The Balaban J connectivity index is 2.50. The van der Waals surface area contributed by atoms with Crippen molar-refractivity contribution in [2.24, 2.45) is 5.41 Å². The minimum Gasteiger partial charge on any atom is -0.406 e. The number of aliphatic hydroxyl groups is 1. The van der Waals surface area contributed by atoms with Gasteiger partial charge in [-0.3, -0.25) is 0 Å². The number of hydrogen-bond donors (Lipinski definition) is 2. The van der Waals surface area contributed by atoms with Gasteiger partial charge in [-0.25, -0.2) is 0 Å². The third kappa shape index (κ3) is 5.93. The fraction of sp³-hybridized carbons (Fsp3) is 0.600. The van der Waals surface area contributed by atoms with Gasteiger partial charge in [0.05, 0.1) is 0 Å². The van der Waals surface area contributed by atoms with E-state index in [-0.39, 0.29) is 17.8 Å². The molecule has 0 aliphatic rings. The van der Waals surface area contributed by atoms with E-state index in [1.54, 1.807) is 12.1 Å². The highest BCUT2D eigenvalue weighted by Crippen LogP contribution is 2.25. The molecule has 6 heteroatoms. The van der Waals surface area contributed by atoms with E-state index in [1.807, 2.05) is 13.8 Å². The third-order valence-corrected chi connectivity index (χ3v) is 3.82. The molecule has 0 saturated heterocycles. The molecular formula is C15H22F3NO2. The quantitative estimate of drug-likeness (QED) is 0.772. The van der Waals surface area contributed by atoms with E-state index in [0.717, 1.165) is 18.4 Å². The predicted molar refractivity (Wildman–Crippen MR) is 74.9 cm³/mol. The molecule has 0 aliphatic carbocycles.